The molecular formula is C18H27Cl2N3O. The van der Waals surface area contributed by atoms with Crippen molar-refractivity contribution in [3.63, 3.8) is 0 Å². The maximum Gasteiger partial charge on any atom is 0.193 e. The smallest absolute Gasteiger partial charge is 0.193 e. The Morgan fingerprint density at radius 3 is 2.71 bits per heavy atom. The summed E-state index contributed by atoms with van der Waals surface area (Å²) >= 11 is 12.1. The number of aliphatic imine (C=N–C) groups is 1. The van der Waals surface area contributed by atoms with Gasteiger partial charge in [0.15, 0.2) is 5.96 Å². The highest BCUT2D eigenvalue weighted by atomic mass is 35.5. The van der Waals surface area contributed by atoms with Crippen LogP contribution in [0.4, 0.5) is 0 Å². The van der Waals surface area contributed by atoms with Gasteiger partial charge in [-0.1, -0.05) is 29.3 Å². The number of halogens is 2. The van der Waals surface area contributed by atoms with Crippen molar-refractivity contribution in [2.24, 2.45) is 4.99 Å². The summed E-state index contributed by atoms with van der Waals surface area (Å²) in [7, 11) is 1.84. The second kappa shape index (κ2) is 10.1. The Hall–Kier alpha value is -0.970. The monoisotopic (exact) mass is 371 g/mol. The SMILES string of the molecule is CCOC1CCN(C(=NC)NCCCc2ccc(Cl)cc2Cl)CC1. The van der Waals surface area contributed by atoms with Gasteiger partial charge >= 0.3 is 0 Å². The predicted octanol–water partition coefficient (Wildman–Crippen LogP) is 4.00. The van der Waals surface area contributed by atoms with E-state index in [9.17, 15) is 0 Å². The number of nitrogens with one attached hydrogen (secondary N) is 1. The number of piperidine rings is 1. The molecule has 0 radical (unpaired) electrons. The van der Waals surface area contributed by atoms with Crippen molar-refractivity contribution in [2.45, 2.75) is 38.7 Å². The Morgan fingerprint density at radius 2 is 2.08 bits per heavy atom. The second-order valence-corrected chi connectivity index (χ2v) is 6.80. The summed E-state index contributed by atoms with van der Waals surface area (Å²) in [6, 6.07) is 5.68. The number of hydrogen-bond acceptors (Lipinski definition) is 2. The standard InChI is InChI=1S/C18H27Cl2N3O/c1-3-24-16-8-11-23(12-9-16)18(21-2)22-10-4-5-14-6-7-15(19)13-17(14)20/h6-7,13,16H,3-5,8-12H2,1-2H3,(H,21,22). The Kier molecular flexibility index (Phi) is 8.16. The van der Waals surface area contributed by atoms with E-state index in [0.29, 0.717) is 11.1 Å². The van der Waals surface area contributed by atoms with E-state index in [4.69, 9.17) is 27.9 Å². The summed E-state index contributed by atoms with van der Waals surface area (Å²) in [6.45, 7) is 5.71. The number of benzene rings is 1. The van der Waals surface area contributed by atoms with Crippen LogP contribution in [0.2, 0.25) is 10.0 Å². The zero-order valence-electron chi connectivity index (χ0n) is 14.5. The summed E-state index contributed by atoms with van der Waals surface area (Å²) in [5.74, 6) is 0.979. The van der Waals surface area contributed by atoms with E-state index < -0.39 is 0 Å². The van der Waals surface area contributed by atoms with Crippen LogP contribution in [0.1, 0.15) is 31.7 Å². The molecule has 1 fully saturated rings. The minimum atomic E-state index is 0.399. The Morgan fingerprint density at radius 1 is 1.33 bits per heavy atom. The number of nitrogens with zero attached hydrogens (tertiary/aromatic N) is 2. The molecule has 0 atom stereocenters. The highest BCUT2D eigenvalue weighted by molar-refractivity contribution is 6.35. The highest BCUT2D eigenvalue weighted by Gasteiger charge is 2.21. The predicted molar refractivity (Wildman–Crippen MR) is 102 cm³/mol. The van der Waals surface area contributed by atoms with Crippen molar-refractivity contribution < 1.29 is 4.74 Å². The average molecular weight is 372 g/mol. The lowest BCUT2D eigenvalue weighted by atomic mass is 10.1. The summed E-state index contributed by atoms with van der Waals surface area (Å²) in [4.78, 5) is 6.71. The molecule has 1 N–H and O–H groups in total. The molecule has 0 bridgehead atoms. The number of likely N-dealkylation sites (tertiary alicyclic amines) is 1. The van der Waals surface area contributed by atoms with Crippen LogP contribution in [-0.2, 0) is 11.2 Å². The quantitative estimate of drug-likeness (QED) is 0.466. The van der Waals surface area contributed by atoms with Gasteiger partial charge in [-0.05, 0) is 50.3 Å². The Balaban J connectivity index is 1.72. The van der Waals surface area contributed by atoms with Crippen LogP contribution in [0, 0.1) is 0 Å². The van der Waals surface area contributed by atoms with Crippen LogP contribution in [0.5, 0.6) is 0 Å². The van der Waals surface area contributed by atoms with Crippen molar-refractivity contribution >= 4 is 29.2 Å². The largest absolute Gasteiger partial charge is 0.378 e. The van der Waals surface area contributed by atoms with Crippen molar-refractivity contribution in [1.82, 2.24) is 10.2 Å². The molecule has 0 spiro atoms. The van der Waals surface area contributed by atoms with E-state index in [0.717, 1.165) is 68.5 Å². The zero-order chi connectivity index (χ0) is 17.4. The van der Waals surface area contributed by atoms with Crippen LogP contribution in [0.15, 0.2) is 23.2 Å². The van der Waals surface area contributed by atoms with E-state index in [1.807, 2.05) is 19.2 Å². The third-order valence-electron chi connectivity index (χ3n) is 4.28. The summed E-state index contributed by atoms with van der Waals surface area (Å²) < 4.78 is 5.70. The molecule has 4 nitrogen and oxygen atoms in total. The van der Waals surface area contributed by atoms with Crippen LogP contribution < -0.4 is 5.32 Å². The number of hydrogen-bond donors (Lipinski definition) is 1. The first kappa shape index (κ1) is 19.4. The number of guanidine groups is 1. The lowest BCUT2D eigenvalue weighted by Gasteiger charge is -2.34. The number of rotatable bonds is 6. The molecule has 1 saturated heterocycles. The van der Waals surface area contributed by atoms with E-state index in [-0.39, 0.29) is 0 Å². The molecular weight excluding hydrogens is 345 g/mol. The summed E-state index contributed by atoms with van der Waals surface area (Å²) in [5.41, 5.74) is 1.13. The fraction of sp³-hybridized carbons (Fsp3) is 0.611. The second-order valence-electron chi connectivity index (χ2n) is 5.96. The van der Waals surface area contributed by atoms with Crippen molar-refractivity contribution in [1.29, 1.82) is 0 Å². The lowest BCUT2D eigenvalue weighted by molar-refractivity contribution is 0.0264. The number of aryl methyl sites for hydroxylation is 1. The van der Waals surface area contributed by atoms with Crippen LogP contribution >= 0.6 is 23.2 Å². The molecule has 0 aliphatic carbocycles. The van der Waals surface area contributed by atoms with Crippen LogP contribution in [-0.4, -0.2) is 50.3 Å². The van der Waals surface area contributed by atoms with Gasteiger partial charge in [0.05, 0.1) is 6.10 Å². The fourth-order valence-corrected chi connectivity index (χ4v) is 3.51. The maximum atomic E-state index is 6.21. The minimum absolute atomic E-state index is 0.399. The van der Waals surface area contributed by atoms with E-state index in [2.05, 4.69) is 22.1 Å². The summed E-state index contributed by atoms with van der Waals surface area (Å²) in [5, 5.41) is 4.87. The normalized spacial score (nSPS) is 16.5. The molecule has 1 aromatic rings. The van der Waals surface area contributed by atoms with Gasteiger partial charge in [-0.15, -0.1) is 0 Å². The minimum Gasteiger partial charge on any atom is -0.378 e. The van der Waals surface area contributed by atoms with E-state index >= 15 is 0 Å². The van der Waals surface area contributed by atoms with Gasteiger partial charge in [-0.2, -0.15) is 0 Å². The molecule has 1 heterocycles. The third-order valence-corrected chi connectivity index (χ3v) is 4.86. The van der Waals surface area contributed by atoms with Crippen molar-refractivity contribution in [2.75, 3.05) is 33.3 Å². The first-order valence-electron chi connectivity index (χ1n) is 8.65. The molecule has 134 valence electrons. The van der Waals surface area contributed by atoms with Crippen LogP contribution in [0.3, 0.4) is 0 Å². The van der Waals surface area contributed by atoms with Crippen LogP contribution in [0.25, 0.3) is 0 Å². The highest BCUT2D eigenvalue weighted by Crippen LogP contribution is 2.22. The first-order chi connectivity index (χ1) is 11.6. The average Bonchev–Trinajstić information content (AvgIpc) is 2.58. The van der Waals surface area contributed by atoms with Gasteiger partial charge < -0.3 is 15.0 Å². The van der Waals surface area contributed by atoms with Gasteiger partial charge in [0.2, 0.25) is 0 Å². The molecule has 0 unspecified atom stereocenters. The molecule has 1 aromatic carbocycles. The molecule has 6 heteroatoms. The van der Waals surface area contributed by atoms with Gasteiger partial charge in [0.25, 0.3) is 0 Å². The molecule has 0 amide bonds. The van der Waals surface area contributed by atoms with Crippen molar-refractivity contribution in [3.8, 4) is 0 Å². The lowest BCUT2D eigenvalue weighted by Crippen LogP contribution is -2.47. The van der Waals surface area contributed by atoms with Gasteiger partial charge in [-0.25, -0.2) is 0 Å². The van der Waals surface area contributed by atoms with Gasteiger partial charge in [0.1, 0.15) is 0 Å². The zero-order valence-corrected chi connectivity index (χ0v) is 16.0. The molecule has 1 aliphatic rings. The topological polar surface area (TPSA) is 36.9 Å². The maximum absolute atomic E-state index is 6.21. The molecule has 0 aromatic heterocycles. The molecule has 2 rings (SSSR count). The van der Waals surface area contributed by atoms with Crippen molar-refractivity contribution in [3.05, 3.63) is 33.8 Å². The third kappa shape index (κ3) is 5.83. The Labute approximate surface area is 155 Å². The first-order valence-corrected chi connectivity index (χ1v) is 9.40. The molecule has 0 saturated carbocycles. The van der Waals surface area contributed by atoms with E-state index in [1.54, 1.807) is 6.07 Å². The van der Waals surface area contributed by atoms with Gasteiger partial charge in [-0.3, -0.25) is 4.99 Å². The molecule has 24 heavy (non-hydrogen) atoms. The Bertz CT molecular complexity index is 543. The summed E-state index contributed by atoms with van der Waals surface area (Å²) in [6.07, 6.45) is 4.45. The molecule has 1 aliphatic heterocycles. The van der Waals surface area contributed by atoms with E-state index in [1.165, 1.54) is 0 Å². The fourth-order valence-electron chi connectivity index (χ4n) is 3.01. The van der Waals surface area contributed by atoms with Gasteiger partial charge in [0, 0.05) is 43.3 Å². The number of ether oxygens (including phenoxy) is 1.